The maximum Gasteiger partial charge on any atom is 0.338 e. The van der Waals surface area contributed by atoms with Crippen LogP contribution in [0.2, 0.25) is 0 Å². The van der Waals surface area contributed by atoms with Crippen LogP contribution in [0.4, 0.5) is 4.39 Å². The van der Waals surface area contributed by atoms with Crippen LogP contribution in [0.15, 0.2) is 42.5 Å². The van der Waals surface area contributed by atoms with Gasteiger partial charge in [0.1, 0.15) is 17.3 Å². The lowest BCUT2D eigenvalue weighted by atomic mass is 10.2. The zero-order chi connectivity index (χ0) is 13.8. The first-order valence-corrected chi connectivity index (χ1v) is 5.31. The number of benzene rings is 2. The summed E-state index contributed by atoms with van der Waals surface area (Å²) < 4.78 is 18.6. The zero-order valence-electron chi connectivity index (χ0n) is 9.63. The van der Waals surface area contributed by atoms with E-state index in [1.54, 1.807) is 18.2 Å². The van der Waals surface area contributed by atoms with Gasteiger partial charge in [-0.05, 0) is 36.4 Å². The Kier molecular flexibility index (Phi) is 3.44. The Morgan fingerprint density at radius 2 is 1.95 bits per heavy atom. The van der Waals surface area contributed by atoms with Crippen molar-refractivity contribution in [2.75, 3.05) is 0 Å². The molecule has 0 spiro atoms. The second kappa shape index (κ2) is 5.19. The Morgan fingerprint density at radius 1 is 1.21 bits per heavy atom. The molecule has 0 atom stereocenters. The van der Waals surface area contributed by atoms with Crippen molar-refractivity contribution in [3.05, 3.63) is 59.4 Å². The Morgan fingerprint density at radius 3 is 2.63 bits per heavy atom. The van der Waals surface area contributed by atoms with Crippen LogP contribution in [-0.4, -0.2) is 11.1 Å². The van der Waals surface area contributed by atoms with Gasteiger partial charge in [-0.1, -0.05) is 6.07 Å². The highest BCUT2D eigenvalue weighted by molar-refractivity contribution is 5.88. The van der Waals surface area contributed by atoms with Gasteiger partial charge < -0.3 is 9.84 Å². The Balaban J connectivity index is 2.31. The number of hydrogen-bond donors (Lipinski definition) is 1. The topological polar surface area (TPSA) is 70.3 Å². The quantitative estimate of drug-likeness (QED) is 0.916. The van der Waals surface area contributed by atoms with Crippen molar-refractivity contribution in [2.45, 2.75) is 0 Å². The van der Waals surface area contributed by atoms with Crippen LogP contribution in [0, 0.1) is 17.1 Å². The number of ether oxygens (including phenoxy) is 1. The summed E-state index contributed by atoms with van der Waals surface area (Å²) in [5.41, 5.74) is -0.0491. The number of carboxylic acid groups (broad SMARTS) is 1. The summed E-state index contributed by atoms with van der Waals surface area (Å²) in [7, 11) is 0. The minimum absolute atomic E-state index is 0.189. The van der Waals surface area contributed by atoms with Crippen LogP contribution >= 0.6 is 0 Å². The predicted molar refractivity (Wildman–Crippen MR) is 64.6 cm³/mol. The molecule has 1 N–H and O–H groups in total. The molecule has 0 aliphatic carbocycles. The van der Waals surface area contributed by atoms with Crippen molar-refractivity contribution in [1.82, 2.24) is 0 Å². The summed E-state index contributed by atoms with van der Waals surface area (Å²) >= 11 is 0. The average Bonchev–Trinajstić information content (AvgIpc) is 2.41. The SMILES string of the molecule is N#Cc1cccc(Oc2ccc(F)c(C(=O)O)c2)c1. The second-order valence-electron chi connectivity index (χ2n) is 3.69. The molecular weight excluding hydrogens is 249 g/mol. The van der Waals surface area contributed by atoms with Crippen molar-refractivity contribution in [1.29, 1.82) is 5.26 Å². The third kappa shape index (κ3) is 2.87. The van der Waals surface area contributed by atoms with E-state index in [1.165, 1.54) is 12.1 Å². The summed E-state index contributed by atoms with van der Waals surface area (Å²) in [5, 5.41) is 17.5. The van der Waals surface area contributed by atoms with E-state index in [4.69, 9.17) is 15.1 Å². The molecule has 0 unspecified atom stereocenters. The molecule has 0 amide bonds. The van der Waals surface area contributed by atoms with Crippen LogP contribution in [0.1, 0.15) is 15.9 Å². The molecule has 94 valence electrons. The van der Waals surface area contributed by atoms with Crippen molar-refractivity contribution in [2.24, 2.45) is 0 Å². The van der Waals surface area contributed by atoms with Gasteiger partial charge in [0.25, 0.3) is 0 Å². The highest BCUT2D eigenvalue weighted by Crippen LogP contribution is 2.24. The monoisotopic (exact) mass is 257 g/mol. The standard InChI is InChI=1S/C14H8FNO3/c15-13-5-4-11(7-12(13)14(17)18)19-10-3-1-2-9(6-10)8-16/h1-7H,(H,17,18). The van der Waals surface area contributed by atoms with Crippen molar-refractivity contribution < 1.29 is 19.0 Å². The number of carbonyl (C=O) groups is 1. The van der Waals surface area contributed by atoms with Gasteiger partial charge in [-0.2, -0.15) is 5.26 Å². The second-order valence-corrected chi connectivity index (χ2v) is 3.69. The molecule has 0 fully saturated rings. The molecule has 0 bridgehead atoms. The lowest BCUT2D eigenvalue weighted by molar-refractivity contribution is 0.0691. The molecule has 0 aliphatic heterocycles. The fraction of sp³-hybridized carbons (Fsp3) is 0. The molecule has 0 radical (unpaired) electrons. The van der Waals surface area contributed by atoms with E-state index in [2.05, 4.69) is 0 Å². The summed E-state index contributed by atoms with van der Waals surface area (Å²) in [6.07, 6.45) is 0. The molecule has 0 aromatic heterocycles. The Labute approximate surface area is 108 Å². The molecule has 0 saturated heterocycles. The van der Waals surface area contributed by atoms with Gasteiger partial charge in [0.15, 0.2) is 0 Å². The first kappa shape index (κ1) is 12.6. The molecule has 2 aromatic rings. The fourth-order valence-corrected chi connectivity index (χ4v) is 1.50. The van der Waals surface area contributed by atoms with Crippen molar-refractivity contribution in [3.63, 3.8) is 0 Å². The molecule has 0 saturated carbocycles. The van der Waals surface area contributed by atoms with Gasteiger partial charge in [-0.15, -0.1) is 0 Å². The van der Waals surface area contributed by atoms with E-state index < -0.39 is 17.3 Å². The van der Waals surface area contributed by atoms with E-state index in [-0.39, 0.29) is 5.75 Å². The minimum Gasteiger partial charge on any atom is -0.478 e. The third-order valence-corrected chi connectivity index (χ3v) is 2.37. The number of rotatable bonds is 3. The molecular formula is C14H8FNO3. The van der Waals surface area contributed by atoms with E-state index >= 15 is 0 Å². The number of aromatic carboxylic acids is 1. The minimum atomic E-state index is -1.37. The third-order valence-electron chi connectivity index (χ3n) is 2.37. The van der Waals surface area contributed by atoms with Gasteiger partial charge in [0.2, 0.25) is 0 Å². The summed E-state index contributed by atoms with van der Waals surface area (Å²) in [6, 6.07) is 11.8. The van der Waals surface area contributed by atoms with E-state index in [9.17, 15) is 9.18 Å². The fourth-order valence-electron chi connectivity index (χ4n) is 1.50. The van der Waals surface area contributed by atoms with E-state index in [1.807, 2.05) is 6.07 Å². The molecule has 2 aromatic carbocycles. The van der Waals surface area contributed by atoms with Gasteiger partial charge in [0.05, 0.1) is 17.2 Å². The maximum absolute atomic E-state index is 13.2. The lowest BCUT2D eigenvalue weighted by Gasteiger charge is -2.07. The van der Waals surface area contributed by atoms with Crippen LogP contribution in [0.3, 0.4) is 0 Å². The van der Waals surface area contributed by atoms with E-state index in [0.717, 1.165) is 12.1 Å². The summed E-state index contributed by atoms with van der Waals surface area (Å²) in [4.78, 5) is 10.8. The van der Waals surface area contributed by atoms with Gasteiger partial charge in [-0.3, -0.25) is 0 Å². The number of carboxylic acids is 1. The number of nitrogens with zero attached hydrogens (tertiary/aromatic N) is 1. The Hall–Kier alpha value is -2.87. The van der Waals surface area contributed by atoms with Gasteiger partial charge in [-0.25, -0.2) is 9.18 Å². The Bertz CT molecular complexity index is 677. The van der Waals surface area contributed by atoms with E-state index in [0.29, 0.717) is 11.3 Å². The summed E-state index contributed by atoms with van der Waals surface area (Å²) in [6.45, 7) is 0. The highest BCUT2D eigenvalue weighted by Gasteiger charge is 2.11. The molecule has 19 heavy (non-hydrogen) atoms. The first-order valence-electron chi connectivity index (χ1n) is 5.31. The first-order chi connectivity index (χ1) is 9.10. The molecule has 2 rings (SSSR count). The molecule has 4 nitrogen and oxygen atoms in total. The number of halogens is 1. The van der Waals surface area contributed by atoms with Crippen molar-refractivity contribution in [3.8, 4) is 17.6 Å². The predicted octanol–water partition coefficient (Wildman–Crippen LogP) is 3.19. The average molecular weight is 257 g/mol. The van der Waals surface area contributed by atoms with Crippen LogP contribution in [0.5, 0.6) is 11.5 Å². The van der Waals surface area contributed by atoms with Crippen LogP contribution in [-0.2, 0) is 0 Å². The van der Waals surface area contributed by atoms with Crippen LogP contribution < -0.4 is 4.74 Å². The normalized spacial score (nSPS) is 9.68. The molecule has 0 heterocycles. The van der Waals surface area contributed by atoms with Crippen molar-refractivity contribution >= 4 is 5.97 Å². The lowest BCUT2D eigenvalue weighted by Crippen LogP contribution is -2.00. The summed E-state index contributed by atoms with van der Waals surface area (Å²) in [5.74, 6) is -1.63. The van der Waals surface area contributed by atoms with Gasteiger partial charge >= 0.3 is 5.97 Å². The maximum atomic E-state index is 13.2. The molecule has 5 heteroatoms. The van der Waals surface area contributed by atoms with Crippen LogP contribution in [0.25, 0.3) is 0 Å². The number of hydrogen-bond acceptors (Lipinski definition) is 3. The smallest absolute Gasteiger partial charge is 0.338 e. The highest BCUT2D eigenvalue weighted by atomic mass is 19.1. The van der Waals surface area contributed by atoms with Gasteiger partial charge in [0, 0.05) is 0 Å². The largest absolute Gasteiger partial charge is 0.478 e. The zero-order valence-corrected chi connectivity index (χ0v) is 9.63. The number of nitriles is 1. The molecule has 0 aliphatic rings.